The van der Waals surface area contributed by atoms with E-state index in [1.54, 1.807) is 12.1 Å². The summed E-state index contributed by atoms with van der Waals surface area (Å²) in [6.45, 7) is 3.96. The minimum absolute atomic E-state index is 0.252. The SMILES string of the molecule is CCc1cccc([N+](=O)[O-])c1CC. The van der Waals surface area contributed by atoms with Gasteiger partial charge in [-0.3, -0.25) is 10.1 Å². The van der Waals surface area contributed by atoms with Crippen LogP contribution in [0.5, 0.6) is 0 Å². The van der Waals surface area contributed by atoms with Crippen LogP contribution in [0.25, 0.3) is 0 Å². The zero-order valence-corrected chi connectivity index (χ0v) is 7.91. The molecule has 0 atom stereocenters. The molecule has 3 heteroatoms. The highest BCUT2D eigenvalue weighted by atomic mass is 16.6. The van der Waals surface area contributed by atoms with Crippen molar-refractivity contribution in [2.75, 3.05) is 0 Å². The largest absolute Gasteiger partial charge is 0.272 e. The molecule has 70 valence electrons. The molecule has 0 aliphatic carbocycles. The van der Waals surface area contributed by atoms with Gasteiger partial charge in [0.2, 0.25) is 0 Å². The summed E-state index contributed by atoms with van der Waals surface area (Å²) >= 11 is 0. The van der Waals surface area contributed by atoms with Gasteiger partial charge in [-0.1, -0.05) is 26.0 Å². The predicted octanol–water partition coefficient (Wildman–Crippen LogP) is 2.72. The second-order valence-corrected chi connectivity index (χ2v) is 2.88. The molecule has 0 radical (unpaired) electrons. The monoisotopic (exact) mass is 179 g/mol. The van der Waals surface area contributed by atoms with Crippen LogP contribution < -0.4 is 0 Å². The average molecular weight is 179 g/mol. The molecule has 0 aromatic heterocycles. The first-order chi connectivity index (χ1) is 6.20. The van der Waals surface area contributed by atoms with Gasteiger partial charge < -0.3 is 0 Å². The van der Waals surface area contributed by atoms with Gasteiger partial charge in [-0.05, 0) is 18.4 Å². The molecule has 0 fully saturated rings. The van der Waals surface area contributed by atoms with E-state index in [2.05, 4.69) is 0 Å². The number of rotatable bonds is 3. The molecule has 13 heavy (non-hydrogen) atoms. The summed E-state index contributed by atoms with van der Waals surface area (Å²) in [6, 6.07) is 5.26. The first kappa shape index (κ1) is 9.71. The lowest BCUT2D eigenvalue weighted by Gasteiger charge is -2.05. The maximum absolute atomic E-state index is 10.7. The lowest BCUT2D eigenvalue weighted by Crippen LogP contribution is -1.98. The van der Waals surface area contributed by atoms with E-state index in [0.717, 1.165) is 24.0 Å². The number of aryl methyl sites for hydroxylation is 1. The number of hydrogen-bond donors (Lipinski definition) is 0. The van der Waals surface area contributed by atoms with Gasteiger partial charge in [-0.15, -0.1) is 0 Å². The molecular formula is C10H13NO2. The van der Waals surface area contributed by atoms with E-state index in [1.165, 1.54) is 0 Å². The molecule has 0 unspecified atom stereocenters. The van der Waals surface area contributed by atoms with Gasteiger partial charge in [0, 0.05) is 11.6 Å². The summed E-state index contributed by atoms with van der Waals surface area (Å²) in [7, 11) is 0. The van der Waals surface area contributed by atoms with Crippen LogP contribution in [0.2, 0.25) is 0 Å². The molecule has 0 saturated carbocycles. The van der Waals surface area contributed by atoms with Crippen LogP contribution in [-0.4, -0.2) is 4.92 Å². The van der Waals surface area contributed by atoms with Crippen molar-refractivity contribution in [2.24, 2.45) is 0 Å². The van der Waals surface area contributed by atoms with Crippen molar-refractivity contribution in [1.29, 1.82) is 0 Å². The first-order valence-corrected chi connectivity index (χ1v) is 4.45. The van der Waals surface area contributed by atoms with E-state index in [9.17, 15) is 10.1 Å². The Hall–Kier alpha value is -1.38. The second kappa shape index (κ2) is 4.03. The third-order valence-corrected chi connectivity index (χ3v) is 2.18. The molecule has 1 aromatic carbocycles. The van der Waals surface area contributed by atoms with Crippen LogP contribution in [0.15, 0.2) is 18.2 Å². The molecule has 0 amide bonds. The van der Waals surface area contributed by atoms with Gasteiger partial charge in [0.15, 0.2) is 0 Å². The van der Waals surface area contributed by atoms with Gasteiger partial charge in [0.1, 0.15) is 0 Å². The topological polar surface area (TPSA) is 43.1 Å². The number of nitro benzene ring substituents is 1. The van der Waals surface area contributed by atoms with Crippen LogP contribution >= 0.6 is 0 Å². The molecule has 0 heterocycles. The number of nitrogens with zero attached hydrogens (tertiary/aromatic N) is 1. The van der Waals surface area contributed by atoms with Gasteiger partial charge in [-0.2, -0.15) is 0 Å². The third-order valence-electron chi connectivity index (χ3n) is 2.18. The Morgan fingerprint density at radius 2 is 2.00 bits per heavy atom. The zero-order chi connectivity index (χ0) is 9.84. The fourth-order valence-corrected chi connectivity index (χ4v) is 1.53. The van der Waals surface area contributed by atoms with Crippen molar-refractivity contribution in [1.82, 2.24) is 0 Å². The highest BCUT2D eigenvalue weighted by Crippen LogP contribution is 2.22. The van der Waals surface area contributed by atoms with E-state index in [-0.39, 0.29) is 10.6 Å². The standard InChI is InChI=1S/C10H13NO2/c1-3-8-6-5-7-10(11(12)13)9(8)4-2/h5-7H,3-4H2,1-2H3. The highest BCUT2D eigenvalue weighted by Gasteiger charge is 2.13. The van der Waals surface area contributed by atoms with Crippen molar-refractivity contribution in [3.05, 3.63) is 39.4 Å². The molecule has 0 spiro atoms. The molecule has 1 rings (SSSR count). The second-order valence-electron chi connectivity index (χ2n) is 2.88. The Morgan fingerprint density at radius 3 is 2.46 bits per heavy atom. The fraction of sp³-hybridized carbons (Fsp3) is 0.400. The summed E-state index contributed by atoms with van der Waals surface area (Å²) in [4.78, 5) is 10.3. The Balaban J connectivity index is 3.27. The fourth-order valence-electron chi connectivity index (χ4n) is 1.53. The number of hydrogen-bond acceptors (Lipinski definition) is 2. The molecule has 0 aliphatic rings. The van der Waals surface area contributed by atoms with Crippen LogP contribution in [0.4, 0.5) is 5.69 Å². The Morgan fingerprint density at radius 1 is 1.31 bits per heavy atom. The molecule has 0 aliphatic heterocycles. The Bertz CT molecular complexity index is 321. The molecule has 0 N–H and O–H groups in total. The molecule has 0 bridgehead atoms. The van der Waals surface area contributed by atoms with Crippen LogP contribution in [0, 0.1) is 10.1 Å². The Kier molecular flexibility index (Phi) is 3.01. The van der Waals surface area contributed by atoms with Crippen LogP contribution in [0.3, 0.4) is 0 Å². The van der Waals surface area contributed by atoms with Crippen molar-refractivity contribution in [2.45, 2.75) is 26.7 Å². The van der Waals surface area contributed by atoms with E-state index in [1.807, 2.05) is 19.9 Å². The van der Waals surface area contributed by atoms with Gasteiger partial charge in [0.25, 0.3) is 5.69 Å². The minimum Gasteiger partial charge on any atom is -0.258 e. The first-order valence-electron chi connectivity index (χ1n) is 4.45. The maximum atomic E-state index is 10.7. The quantitative estimate of drug-likeness (QED) is 0.529. The maximum Gasteiger partial charge on any atom is 0.272 e. The predicted molar refractivity (Wildman–Crippen MR) is 51.9 cm³/mol. The van der Waals surface area contributed by atoms with Crippen molar-refractivity contribution >= 4 is 5.69 Å². The summed E-state index contributed by atoms with van der Waals surface area (Å²) in [5.74, 6) is 0. The third kappa shape index (κ3) is 1.86. The van der Waals surface area contributed by atoms with E-state index in [0.29, 0.717) is 0 Å². The zero-order valence-electron chi connectivity index (χ0n) is 7.91. The van der Waals surface area contributed by atoms with Crippen molar-refractivity contribution in [3.63, 3.8) is 0 Å². The number of nitro groups is 1. The smallest absolute Gasteiger partial charge is 0.258 e. The van der Waals surface area contributed by atoms with Gasteiger partial charge >= 0.3 is 0 Å². The Labute approximate surface area is 77.5 Å². The lowest BCUT2D eigenvalue weighted by molar-refractivity contribution is -0.385. The van der Waals surface area contributed by atoms with E-state index >= 15 is 0 Å². The summed E-state index contributed by atoms with van der Waals surface area (Å²) in [6.07, 6.45) is 1.57. The van der Waals surface area contributed by atoms with E-state index in [4.69, 9.17) is 0 Å². The summed E-state index contributed by atoms with van der Waals surface area (Å²) in [5, 5.41) is 10.7. The van der Waals surface area contributed by atoms with Crippen molar-refractivity contribution in [3.8, 4) is 0 Å². The van der Waals surface area contributed by atoms with Gasteiger partial charge in [0.05, 0.1) is 4.92 Å². The van der Waals surface area contributed by atoms with Crippen LogP contribution in [-0.2, 0) is 12.8 Å². The van der Waals surface area contributed by atoms with E-state index < -0.39 is 0 Å². The molecular weight excluding hydrogens is 166 g/mol. The summed E-state index contributed by atoms with van der Waals surface area (Å²) in [5.41, 5.74) is 2.20. The normalized spacial score (nSPS) is 10.0. The lowest BCUT2D eigenvalue weighted by atomic mass is 10.0. The summed E-state index contributed by atoms with van der Waals surface area (Å²) < 4.78 is 0. The van der Waals surface area contributed by atoms with Gasteiger partial charge in [-0.25, -0.2) is 0 Å². The number of benzene rings is 1. The van der Waals surface area contributed by atoms with Crippen molar-refractivity contribution < 1.29 is 4.92 Å². The highest BCUT2D eigenvalue weighted by molar-refractivity contribution is 5.45. The minimum atomic E-state index is -0.308. The average Bonchev–Trinajstić information content (AvgIpc) is 2.16. The van der Waals surface area contributed by atoms with Crippen LogP contribution in [0.1, 0.15) is 25.0 Å². The molecule has 3 nitrogen and oxygen atoms in total. The molecule has 1 aromatic rings. The molecule has 0 saturated heterocycles.